The average Bonchev–Trinajstić information content (AvgIpc) is 2.17. The zero-order valence-corrected chi connectivity index (χ0v) is 8.62. The molecule has 0 aliphatic rings. The van der Waals surface area contributed by atoms with E-state index in [1.807, 2.05) is 0 Å². The van der Waals surface area contributed by atoms with E-state index < -0.39 is 0 Å². The Balaban J connectivity index is 0.000000980. The summed E-state index contributed by atoms with van der Waals surface area (Å²) >= 11 is 0. The van der Waals surface area contributed by atoms with Crippen molar-refractivity contribution in [3.8, 4) is 0 Å². The zero-order chi connectivity index (χ0) is 9.26. The van der Waals surface area contributed by atoms with Crippen molar-refractivity contribution in [2.45, 2.75) is 19.8 Å². The lowest BCUT2D eigenvalue weighted by atomic mass is 9.99. The van der Waals surface area contributed by atoms with Gasteiger partial charge >= 0.3 is 0 Å². The molecule has 0 aromatic heterocycles. The highest BCUT2D eigenvalue weighted by atomic mass is 16.0. The second kappa shape index (κ2) is 4.25. The third kappa shape index (κ3) is 1.94. The van der Waals surface area contributed by atoms with E-state index in [2.05, 4.69) is 56.3 Å². The first kappa shape index (κ1) is 10.7. The molecule has 0 amide bonds. The number of hydrogen-bond acceptors (Lipinski definition) is 0. The second-order valence-corrected chi connectivity index (χ2v) is 3.76. The third-order valence-corrected chi connectivity index (χ3v) is 2.44. The van der Waals surface area contributed by atoms with Gasteiger partial charge in [-0.2, -0.15) is 0 Å². The van der Waals surface area contributed by atoms with E-state index in [1.54, 1.807) is 0 Å². The van der Waals surface area contributed by atoms with Gasteiger partial charge in [0.25, 0.3) is 0 Å². The van der Waals surface area contributed by atoms with Crippen LogP contribution in [0.15, 0.2) is 42.5 Å². The van der Waals surface area contributed by atoms with Crippen molar-refractivity contribution in [3.63, 3.8) is 0 Å². The van der Waals surface area contributed by atoms with E-state index in [4.69, 9.17) is 0 Å². The fraction of sp³-hybridized carbons (Fsp3) is 0.231. The van der Waals surface area contributed by atoms with Gasteiger partial charge in [0.1, 0.15) is 0 Å². The SMILES string of the molecule is CC(C)c1ccc2ccccc2c1.O. The molecule has 0 unspecified atom stereocenters. The summed E-state index contributed by atoms with van der Waals surface area (Å²) in [6.07, 6.45) is 0. The molecule has 0 saturated heterocycles. The molecule has 2 aromatic carbocycles. The van der Waals surface area contributed by atoms with Gasteiger partial charge < -0.3 is 5.48 Å². The van der Waals surface area contributed by atoms with E-state index in [0.29, 0.717) is 5.92 Å². The second-order valence-electron chi connectivity index (χ2n) is 3.76. The molecule has 0 fully saturated rings. The monoisotopic (exact) mass is 188 g/mol. The molecule has 2 N–H and O–H groups in total. The molecule has 0 heterocycles. The molecular weight excluding hydrogens is 172 g/mol. The Labute approximate surface area is 84.7 Å². The summed E-state index contributed by atoms with van der Waals surface area (Å²) in [5, 5.41) is 2.67. The largest absolute Gasteiger partial charge is 0.412 e. The number of rotatable bonds is 1. The van der Waals surface area contributed by atoms with Gasteiger partial charge in [-0.3, -0.25) is 0 Å². The molecule has 0 saturated carbocycles. The van der Waals surface area contributed by atoms with Crippen LogP contribution in [-0.2, 0) is 0 Å². The van der Waals surface area contributed by atoms with Gasteiger partial charge in [-0.1, -0.05) is 56.3 Å². The van der Waals surface area contributed by atoms with Crippen LogP contribution >= 0.6 is 0 Å². The van der Waals surface area contributed by atoms with Crippen molar-refractivity contribution in [1.82, 2.24) is 0 Å². The molecule has 2 aromatic rings. The van der Waals surface area contributed by atoms with E-state index in [-0.39, 0.29) is 5.48 Å². The summed E-state index contributed by atoms with van der Waals surface area (Å²) < 4.78 is 0. The van der Waals surface area contributed by atoms with Crippen molar-refractivity contribution in [2.75, 3.05) is 0 Å². The van der Waals surface area contributed by atoms with E-state index >= 15 is 0 Å². The van der Waals surface area contributed by atoms with Gasteiger partial charge in [0.15, 0.2) is 0 Å². The van der Waals surface area contributed by atoms with Crippen LogP contribution in [-0.4, -0.2) is 5.48 Å². The Bertz CT molecular complexity index is 418. The van der Waals surface area contributed by atoms with Gasteiger partial charge in [-0.15, -0.1) is 0 Å². The van der Waals surface area contributed by atoms with Gasteiger partial charge in [0, 0.05) is 0 Å². The Morgan fingerprint density at radius 3 is 2.14 bits per heavy atom. The van der Waals surface area contributed by atoms with Crippen LogP contribution in [0.25, 0.3) is 10.8 Å². The van der Waals surface area contributed by atoms with E-state index in [0.717, 1.165) is 0 Å². The maximum absolute atomic E-state index is 2.28. The van der Waals surface area contributed by atoms with Crippen LogP contribution < -0.4 is 0 Å². The fourth-order valence-electron chi connectivity index (χ4n) is 1.57. The topological polar surface area (TPSA) is 31.5 Å². The smallest absolute Gasteiger partial charge is 0.0181 e. The summed E-state index contributed by atoms with van der Waals surface area (Å²) in [6, 6.07) is 15.2. The zero-order valence-electron chi connectivity index (χ0n) is 8.62. The van der Waals surface area contributed by atoms with Crippen LogP contribution in [0.1, 0.15) is 25.3 Å². The molecular formula is C13H16O. The summed E-state index contributed by atoms with van der Waals surface area (Å²) in [6.45, 7) is 4.45. The molecule has 0 radical (unpaired) electrons. The maximum Gasteiger partial charge on any atom is -0.0181 e. The quantitative estimate of drug-likeness (QED) is 0.658. The highest BCUT2D eigenvalue weighted by molar-refractivity contribution is 5.83. The molecule has 1 heteroatoms. The van der Waals surface area contributed by atoms with Crippen molar-refractivity contribution in [3.05, 3.63) is 48.0 Å². The summed E-state index contributed by atoms with van der Waals surface area (Å²) in [5.74, 6) is 0.615. The normalized spacial score (nSPS) is 10.2. The van der Waals surface area contributed by atoms with E-state index in [1.165, 1.54) is 16.3 Å². The minimum atomic E-state index is 0. The van der Waals surface area contributed by atoms with Gasteiger partial charge in [0.05, 0.1) is 0 Å². The van der Waals surface area contributed by atoms with Crippen molar-refractivity contribution >= 4 is 10.8 Å². The lowest BCUT2D eigenvalue weighted by Crippen LogP contribution is -1.85. The lowest BCUT2D eigenvalue weighted by molar-refractivity contribution is 0.824. The Hall–Kier alpha value is -1.34. The van der Waals surface area contributed by atoms with Crippen molar-refractivity contribution in [2.24, 2.45) is 0 Å². The van der Waals surface area contributed by atoms with E-state index in [9.17, 15) is 0 Å². The van der Waals surface area contributed by atoms with Crippen LogP contribution in [0.5, 0.6) is 0 Å². The van der Waals surface area contributed by atoms with Crippen molar-refractivity contribution < 1.29 is 5.48 Å². The first-order valence-corrected chi connectivity index (χ1v) is 4.76. The van der Waals surface area contributed by atoms with Crippen LogP contribution in [0.2, 0.25) is 0 Å². The van der Waals surface area contributed by atoms with Gasteiger partial charge in [-0.05, 0) is 22.3 Å². The predicted octanol–water partition coefficient (Wildman–Crippen LogP) is 3.14. The highest BCUT2D eigenvalue weighted by Crippen LogP contribution is 2.20. The summed E-state index contributed by atoms with van der Waals surface area (Å²) in [7, 11) is 0. The summed E-state index contributed by atoms with van der Waals surface area (Å²) in [4.78, 5) is 0. The molecule has 0 aliphatic carbocycles. The minimum Gasteiger partial charge on any atom is -0.412 e. The Morgan fingerprint density at radius 2 is 1.50 bits per heavy atom. The molecule has 74 valence electrons. The first-order chi connectivity index (χ1) is 6.27. The van der Waals surface area contributed by atoms with Crippen molar-refractivity contribution in [1.29, 1.82) is 0 Å². The molecule has 0 spiro atoms. The standard InChI is InChI=1S/C13H14.H2O/c1-10(2)12-8-7-11-5-3-4-6-13(11)9-12;/h3-10H,1-2H3;1H2. The average molecular weight is 188 g/mol. The Morgan fingerprint density at radius 1 is 0.857 bits per heavy atom. The molecule has 1 nitrogen and oxygen atoms in total. The van der Waals surface area contributed by atoms with Gasteiger partial charge in [-0.25, -0.2) is 0 Å². The molecule has 0 atom stereocenters. The lowest BCUT2D eigenvalue weighted by Gasteiger charge is -2.06. The molecule has 0 aliphatic heterocycles. The Kier molecular flexibility index (Phi) is 3.26. The first-order valence-electron chi connectivity index (χ1n) is 4.76. The van der Waals surface area contributed by atoms with Crippen LogP contribution in [0.4, 0.5) is 0 Å². The predicted molar refractivity (Wildman–Crippen MR) is 61.7 cm³/mol. The molecule has 2 rings (SSSR count). The molecule has 0 bridgehead atoms. The maximum atomic E-state index is 2.28. The number of benzene rings is 2. The highest BCUT2D eigenvalue weighted by Gasteiger charge is 1.99. The summed E-state index contributed by atoms with van der Waals surface area (Å²) in [5.41, 5.74) is 1.42. The fourth-order valence-corrected chi connectivity index (χ4v) is 1.57. The minimum absolute atomic E-state index is 0. The molecule has 14 heavy (non-hydrogen) atoms. The third-order valence-electron chi connectivity index (χ3n) is 2.44. The number of hydrogen-bond donors (Lipinski definition) is 0. The van der Waals surface area contributed by atoms with Crippen LogP contribution in [0, 0.1) is 0 Å². The van der Waals surface area contributed by atoms with Crippen LogP contribution in [0.3, 0.4) is 0 Å². The number of fused-ring (bicyclic) bond motifs is 1. The van der Waals surface area contributed by atoms with Gasteiger partial charge in [0.2, 0.25) is 0 Å².